The molecule has 1 atom stereocenters. The van der Waals surface area contributed by atoms with E-state index in [1.807, 2.05) is 12.3 Å². The van der Waals surface area contributed by atoms with Crippen LogP contribution in [-0.2, 0) is 16.0 Å². The summed E-state index contributed by atoms with van der Waals surface area (Å²) < 4.78 is 10.9. The van der Waals surface area contributed by atoms with E-state index in [1.165, 1.54) is 5.56 Å². The van der Waals surface area contributed by atoms with Crippen LogP contribution in [0.4, 0.5) is 0 Å². The molecule has 1 N–H and O–H groups in total. The molecule has 1 aromatic heterocycles. The Kier molecular flexibility index (Phi) is 4.73. The van der Waals surface area contributed by atoms with Crippen LogP contribution in [0.3, 0.4) is 0 Å². The molecular formula is C12H18N2O2. The van der Waals surface area contributed by atoms with Gasteiger partial charge in [-0.25, -0.2) is 0 Å². The van der Waals surface area contributed by atoms with Gasteiger partial charge >= 0.3 is 0 Å². The Bertz CT molecular complexity index is 286. The third kappa shape index (κ3) is 3.89. The molecule has 0 amide bonds. The fourth-order valence-corrected chi connectivity index (χ4v) is 1.68. The van der Waals surface area contributed by atoms with Crippen molar-refractivity contribution in [2.75, 3.05) is 26.4 Å². The number of nitrogens with one attached hydrogen (secondary N) is 1. The molecule has 1 unspecified atom stereocenters. The van der Waals surface area contributed by atoms with Gasteiger partial charge in [-0.15, -0.1) is 0 Å². The molecule has 1 fully saturated rings. The SMILES string of the molecule is c1cncc(CNCCOC2CCOC2)c1. The Hall–Kier alpha value is -0.970. The van der Waals surface area contributed by atoms with Gasteiger partial charge in [-0.1, -0.05) is 6.07 Å². The number of aromatic nitrogens is 1. The molecule has 2 heterocycles. The molecule has 1 aliphatic heterocycles. The van der Waals surface area contributed by atoms with Gasteiger partial charge in [-0.2, -0.15) is 0 Å². The predicted molar refractivity (Wildman–Crippen MR) is 61.1 cm³/mol. The summed E-state index contributed by atoms with van der Waals surface area (Å²) in [4.78, 5) is 4.06. The maximum absolute atomic E-state index is 5.64. The van der Waals surface area contributed by atoms with Gasteiger partial charge in [0.25, 0.3) is 0 Å². The van der Waals surface area contributed by atoms with E-state index in [-0.39, 0.29) is 0 Å². The van der Waals surface area contributed by atoms with Gasteiger partial charge in [-0.3, -0.25) is 4.98 Å². The normalized spacial score (nSPS) is 20.1. The van der Waals surface area contributed by atoms with Crippen molar-refractivity contribution in [2.45, 2.75) is 19.1 Å². The van der Waals surface area contributed by atoms with E-state index in [4.69, 9.17) is 9.47 Å². The average molecular weight is 222 g/mol. The van der Waals surface area contributed by atoms with Gasteiger partial charge in [0.15, 0.2) is 0 Å². The molecule has 0 spiro atoms. The smallest absolute Gasteiger partial charge is 0.0831 e. The summed E-state index contributed by atoms with van der Waals surface area (Å²) in [6.07, 6.45) is 4.99. The van der Waals surface area contributed by atoms with E-state index in [9.17, 15) is 0 Å². The second kappa shape index (κ2) is 6.58. The largest absolute Gasteiger partial charge is 0.379 e. The zero-order chi connectivity index (χ0) is 11.1. The first kappa shape index (κ1) is 11.5. The zero-order valence-electron chi connectivity index (χ0n) is 9.39. The Morgan fingerprint density at radius 1 is 1.56 bits per heavy atom. The number of pyridine rings is 1. The maximum atomic E-state index is 5.64. The summed E-state index contributed by atoms with van der Waals surface area (Å²) in [6, 6.07) is 4.01. The molecule has 2 rings (SSSR count). The molecule has 1 aliphatic rings. The summed E-state index contributed by atoms with van der Waals surface area (Å²) in [6.45, 7) is 4.05. The lowest BCUT2D eigenvalue weighted by Gasteiger charge is -2.10. The first-order valence-electron chi connectivity index (χ1n) is 5.74. The fraction of sp³-hybridized carbons (Fsp3) is 0.583. The molecule has 88 valence electrons. The minimum absolute atomic E-state index is 0.306. The highest BCUT2D eigenvalue weighted by Crippen LogP contribution is 2.07. The lowest BCUT2D eigenvalue weighted by atomic mass is 10.3. The monoisotopic (exact) mass is 222 g/mol. The van der Waals surface area contributed by atoms with Crippen LogP contribution in [0.5, 0.6) is 0 Å². The summed E-state index contributed by atoms with van der Waals surface area (Å²) in [5, 5.41) is 3.32. The van der Waals surface area contributed by atoms with Crippen molar-refractivity contribution in [3.63, 3.8) is 0 Å². The lowest BCUT2D eigenvalue weighted by Crippen LogP contribution is -2.23. The third-order valence-electron chi connectivity index (χ3n) is 2.57. The van der Waals surface area contributed by atoms with E-state index in [0.717, 1.165) is 39.3 Å². The fourth-order valence-electron chi connectivity index (χ4n) is 1.68. The van der Waals surface area contributed by atoms with Crippen LogP contribution in [0.15, 0.2) is 24.5 Å². The highest BCUT2D eigenvalue weighted by molar-refractivity contribution is 5.07. The number of hydrogen-bond donors (Lipinski definition) is 1. The molecule has 0 aromatic carbocycles. The molecule has 4 heteroatoms. The van der Waals surface area contributed by atoms with Crippen LogP contribution >= 0.6 is 0 Å². The molecule has 16 heavy (non-hydrogen) atoms. The second-order valence-corrected chi connectivity index (χ2v) is 3.89. The Labute approximate surface area is 96.0 Å². The van der Waals surface area contributed by atoms with Crippen molar-refractivity contribution in [3.8, 4) is 0 Å². The zero-order valence-corrected chi connectivity index (χ0v) is 9.39. The van der Waals surface area contributed by atoms with E-state index < -0.39 is 0 Å². The van der Waals surface area contributed by atoms with Gasteiger partial charge in [0.05, 0.1) is 19.3 Å². The van der Waals surface area contributed by atoms with Gasteiger partial charge in [-0.05, 0) is 18.1 Å². The molecule has 1 saturated heterocycles. The van der Waals surface area contributed by atoms with Gasteiger partial charge in [0.1, 0.15) is 0 Å². The van der Waals surface area contributed by atoms with E-state index in [2.05, 4.69) is 16.4 Å². The Balaban J connectivity index is 1.52. The van der Waals surface area contributed by atoms with E-state index in [0.29, 0.717) is 6.10 Å². The van der Waals surface area contributed by atoms with Crippen LogP contribution in [0.2, 0.25) is 0 Å². The summed E-state index contributed by atoms with van der Waals surface area (Å²) >= 11 is 0. The standard InChI is InChI=1S/C12H18N2O2/c1-2-11(8-13-4-1)9-14-5-7-16-12-3-6-15-10-12/h1-2,4,8,12,14H,3,5-7,9-10H2. The first-order valence-corrected chi connectivity index (χ1v) is 5.74. The quantitative estimate of drug-likeness (QED) is 0.729. The van der Waals surface area contributed by atoms with Crippen LogP contribution in [0.1, 0.15) is 12.0 Å². The van der Waals surface area contributed by atoms with Gasteiger partial charge in [0.2, 0.25) is 0 Å². The second-order valence-electron chi connectivity index (χ2n) is 3.89. The predicted octanol–water partition coefficient (Wildman–Crippen LogP) is 0.977. The maximum Gasteiger partial charge on any atom is 0.0831 e. The van der Waals surface area contributed by atoms with Crippen molar-refractivity contribution in [2.24, 2.45) is 0 Å². The van der Waals surface area contributed by atoms with Gasteiger partial charge in [0, 0.05) is 32.1 Å². The van der Waals surface area contributed by atoms with Crippen molar-refractivity contribution in [3.05, 3.63) is 30.1 Å². The van der Waals surface area contributed by atoms with Crippen LogP contribution < -0.4 is 5.32 Å². The molecule has 0 radical (unpaired) electrons. The highest BCUT2D eigenvalue weighted by Gasteiger charge is 2.14. The summed E-state index contributed by atoms with van der Waals surface area (Å²) in [5.41, 5.74) is 1.20. The number of rotatable bonds is 6. The van der Waals surface area contributed by atoms with Crippen molar-refractivity contribution >= 4 is 0 Å². The van der Waals surface area contributed by atoms with Crippen LogP contribution in [0, 0.1) is 0 Å². The Morgan fingerprint density at radius 3 is 3.31 bits per heavy atom. The van der Waals surface area contributed by atoms with Crippen LogP contribution in [0.25, 0.3) is 0 Å². The molecule has 4 nitrogen and oxygen atoms in total. The van der Waals surface area contributed by atoms with Crippen LogP contribution in [-0.4, -0.2) is 37.5 Å². The highest BCUT2D eigenvalue weighted by atomic mass is 16.5. The molecular weight excluding hydrogens is 204 g/mol. The minimum atomic E-state index is 0.306. The van der Waals surface area contributed by atoms with Gasteiger partial charge < -0.3 is 14.8 Å². The van der Waals surface area contributed by atoms with E-state index in [1.54, 1.807) is 6.20 Å². The summed E-state index contributed by atoms with van der Waals surface area (Å²) in [7, 11) is 0. The first-order chi connectivity index (χ1) is 7.95. The van der Waals surface area contributed by atoms with E-state index >= 15 is 0 Å². The number of ether oxygens (including phenoxy) is 2. The average Bonchev–Trinajstić information content (AvgIpc) is 2.83. The number of hydrogen-bond acceptors (Lipinski definition) is 4. The third-order valence-corrected chi connectivity index (χ3v) is 2.57. The lowest BCUT2D eigenvalue weighted by molar-refractivity contribution is 0.0444. The van der Waals surface area contributed by atoms with Crippen molar-refractivity contribution < 1.29 is 9.47 Å². The minimum Gasteiger partial charge on any atom is -0.379 e. The molecule has 0 bridgehead atoms. The molecule has 1 aromatic rings. The molecule has 0 saturated carbocycles. The van der Waals surface area contributed by atoms with Crippen molar-refractivity contribution in [1.82, 2.24) is 10.3 Å². The Morgan fingerprint density at radius 2 is 2.56 bits per heavy atom. The van der Waals surface area contributed by atoms with Crippen molar-refractivity contribution in [1.29, 1.82) is 0 Å². The number of nitrogens with zero attached hydrogens (tertiary/aromatic N) is 1. The summed E-state index contributed by atoms with van der Waals surface area (Å²) in [5.74, 6) is 0. The molecule has 0 aliphatic carbocycles. The topological polar surface area (TPSA) is 43.4 Å².